The Hall–Kier alpha value is -2.43. The number of hydrogen-bond donors (Lipinski definition) is 2. The van der Waals surface area contributed by atoms with Gasteiger partial charge in [0.05, 0.1) is 18.2 Å². The van der Waals surface area contributed by atoms with Crippen molar-refractivity contribution in [3.05, 3.63) is 82.5 Å². The Morgan fingerprint density at radius 2 is 1.80 bits per heavy atom. The lowest BCUT2D eigenvalue weighted by Crippen LogP contribution is -2.40. The molecule has 2 aromatic rings. The highest BCUT2D eigenvalue weighted by molar-refractivity contribution is 6.33. The zero-order valence-electron chi connectivity index (χ0n) is 21.4. The largest absolute Gasteiger partial charge is 0.495 e. The number of piperidine rings is 1. The van der Waals surface area contributed by atoms with Gasteiger partial charge in [-0.3, -0.25) is 4.90 Å². The molecular weight excluding hydrogens is 454 g/mol. The van der Waals surface area contributed by atoms with E-state index in [1.807, 2.05) is 13.8 Å². The van der Waals surface area contributed by atoms with E-state index >= 15 is 0 Å². The van der Waals surface area contributed by atoms with Crippen molar-refractivity contribution in [2.45, 2.75) is 64.0 Å². The first-order valence-corrected chi connectivity index (χ1v) is 13.6. The molecule has 5 rings (SSSR count). The van der Waals surface area contributed by atoms with Gasteiger partial charge in [0.2, 0.25) is 0 Å². The van der Waals surface area contributed by atoms with Crippen LogP contribution in [0.2, 0.25) is 5.02 Å². The Morgan fingerprint density at radius 3 is 2.46 bits per heavy atom. The minimum Gasteiger partial charge on any atom is -0.495 e. The van der Waals surface area contributed by atoms with Crippen LogP contribution in [0.1, 0.15) is 69.0 Å². The molecule has 35 heavy (non-hydrogen) atoms. The summed E-state index contributed by atoms with van der Waals surface area (Å²) in [4.78, 5) is 2.57. The first-order chi connectivity index (χ1) is 17.2. The molecule has 2 heterocycles. The Kier molecular flexibility index (Phi) is 9.17. The third-order valence-electron chi connectivity index (χ3n) is 7.31. The highest BCUT2D eigenvalue weighted by Crippen LogP contribution is 2.44. The molecule has 0 radical (unpaired) electrons. The maximum absolute atomic E-state index is 6.66. The van der Waals surface area contributed by atoms with Crippen molar-refractivity contribution in [2.75, 3.05) is 32.1 Å². The molecule has 1 saturated carbocycles. The number of nitrogens with zero attached hydrogens (tertiary/aromatic N) is 1. The summed E-state index contributed by atoms with van der Waals surface area (Å²) >= 11 is 6.66. The topological polar surface area (TPSA) is 36.5 Å². The highest BCUT2D eigenvalue weighted by Gasteiger charge is 2.26. The van der Waals surface area contributed by atoms with E-state index in [2.05, 4.69) is 76.4 Å². The van der Waals surface area contributed by atoms with Gasteiger partial charge in [-0.2, -0.15) is 0 Å². The SMILES string of the molecule is CC.COc1cc(C2C=C(CN3CCC(Nc4ccccc4)CC3)C=CN2)cc(C2CCC2)c1Cl. The van der Waals surface area contributed by atoms with Crippen LogP contribution >= 0.6 is 11.6 Å². The van der Waals surface area contributed by atoms with Crippen molar-refractivity contribution >= 4 is 17.3 Å². The van der Waals surface area contributed by atoms with Crippen LogP contribution in [0.3, 0.4) is 0 Å². The van der Waals surface area contributed by atoms with Crippen molar-refractivity contribution < 1.29 is 4.74 Å². The van der Waals surface area contributed by atoms with Gasteiger partial charge in [-0.15, -0.1) is 0 Å². The number of benzene rings is 2. The van der Waals surface area contributed by atoms with Crippen LogP contribution in [0.5, 0.6) is 5.75 Å². The molecule has 0 aromatic heterocycles. The van der Waals surface area contributed by atoms with Crippen molar-refractivity contribution in [1.82, 2.24) is 10.2 Å². The molecule has 1 aliphatic carbocycles. The van der Waals surface area contributed by atoms with Crippen molar-refractivity contribution in [2.24, 2.45) is 0 Å². The average Bonchev–Trinajstić information content (AvgIpc) is 2.87. The summed E-state index contributed by atoms with van der Waals surface area (Å²) in [5, 5.41) is 8.00. The van der Waals surface area contributed by atoms with E-state index in [-0.39, 0.29) is 6.04 Å². The zero-order chi connectivity index (χ0) is 24.6. The van der Waals surface area contributed by atoms with Crippen LogP contribution in [-0.4, -0.2) is 37.7 Å². The predicted octanol–water partition coefficient (Wildman–Crippen LogP) is 7.30. The molecule has 0 bridgehead atoms. The summed E-state index contributed by atoms with van der Waals surface area (Å²) in [5.41, 5.74) is 5.07. The fourth-order valence-electron chi connectivity index (χ4n) is 5.12. The predicted molar refractivity (Wildman–Crippen MR) is 149 cm³/mol. The molecule has 4 nitrogen and oxygen atoms in total. The lowest BCUT2D eigenvalue weighted by molar-refractivity contribution is 0.236. The molecule has 188 valence electrons. The van der Waals surface area contributed by atoms with E-state index in [1.54, 1.807) is 7.11 Å². The summed E-state index contributed by atoms with van der Waals surface area (Å²) < 4.78 is 5.62. The second-order valence-electron chi connectivity index (χ2n) is 9.53. The Labute approximate surface area is 216 Å². The summed E-state index contributed by atoms with van der Waals surface area (Å²) in [6.45, 7) is 7.23. The molecular formula is C30H40ClN3O. The molecule has 2 aromatic carbocycles. The normalized spacial score (nSPS) is 20.7. The number of nitrogens with one attached hydrogen (secondary N) is 2. The zero-order valence-corrected chi connectivity index (χ0v) is 22.2. The van der Waals surface area contributed by atoms with Crippen LogP contribution in [0.4, 0.5) is 5.69 Å². The minimum absolute atomic E-state index is 0.146. The third-order valence-corrected chi connectivity index (χ3v) is 7.71. The third kappa shape index (κ3) is 6.42. The first-order valence-electron chi connectivity index (χ1n) is 13.2. The van der Waals surface area contributed by atoms with Gasteiger partial charge in [-0.05, 0) is 78.8 Å². The maximum atomic E-state index is 6.66. The second kappa shape index (κ2) is 12.5. The lowest BCUT2D eigenvalue weighted by Gasteiger charge is -2.34. The number of likely N-dealkylation sites (tertiary alicyclic amines) is 1. The number of anilines is 1. The monoisotopic (exact) mass is 493 g/mol. The highest BCUT2D eigenvalue weighted by atomic mass is 35.5. The molecule has 1 atom stereocenters. The summed E-state index contributed by atoms with van der Waals surface area (Å²) in [6.07, 6.45) is 12.8. The fourth-order valence-corrected chi connectivity index (χ4v) is 5.46. The van der Waals surface area contributed by atoms with Crippen LogP contribution in [-0.2, 0) is 0 Å². The Balaban J connectivity index is 0.00000141. The maximum Gasteiger partial charge on any atom is 0.138 e. The number of dihydropyridines is 1. The summed E-state index contributed by atoms with van der Waals surface area (Å²) in [6, 6.07) is 15.6. The van der Waals surface area contributed by atoms with E-state index in [0.717, 1.165) is 30.4 Å². The van der Waals surface area contributed by atoms with Crippen LogP contribution in [0, 0.1) is 0 Å². The van der Waals surface area contributed by atoms with Gasteiger partial charge in [-0.25, -0.2) is 0 Å². The van der Waals surface area contributed by atoms with E-state index in [1.165, 1.54) is 54.5 Å². The van der Waals surface area contributed by atoms with E-state index in [0.29, 0.717) is 12.0 Å². The number of hydrogen-bond acceptors (Lipinski definition) is 4. The summed E-state index contributed by atoms with van der Waals surface area (Å²) in [7, 11) is 1.71. The number of methoxy groups -OCH3 is 1. The molecule has 2 fully saturated rings. The van der Waals surface area contributed by atoms with Gasteiger partial charge in [0, 0.05) is 31.4 Å². The van der Waals surface area contributed by atoms with Crippen LogP contribution in [0.25, 0.3) is 0 Å². The standard InChI is InChI=1S/C28H34ClN3O.C2H6/c1-33-27-18-22(17-25(28(27)29)21-6-5-7-21)26-16-20(10-13-30-26)19-32-14-11-24(12-15-32)31-23-8-3-2-4-9-23;1-2/h2-4,8-10,13,16-18,21,24,26,30-31H,5-7,11-12,14-15,19H2,1H3;1-2H3. The fraction of sp³-hybridized carbons (Fsp3) is 0.467. The first kappa shape index (κ1) is 25.7. The molecule has 2 N–H and O–H groups in total. The van der Waals surface area contributed by atoms with E-state index in [4.69, 9.17) is 16.3 Å². The van der Waals surface area contributed by atoms with E-state index < -0.39 is 0 Å². The molecule has 1 saturated heterocycles. The Bertz CT molecular complexity index is 1010. The van der Waals surface area contributed by atoms with Crippen molar-refractivity contribution in [3.8, 4) is 5.75 Å². The molecule has 0 spiro atoms. The number of para-hydroxylation sites is 1. The van der Waals surface area contributed by atoms with Gasteiger partial charge in [-0.1, -0.05) is 62.2 Å². The average molecular weight is 494 g/mol. The number of ether oxygens (including phenoxy) is 1. The second-order valence-corrected chi connectivity index (χ2v) is 9.91. The molecule has 5 heteroatoms. The van der Waals surface area contributed by atoms with Crippen molar-refractivity contribution in [1.29, 1.82) is 0 Å². The molecule has 3 aliphatic rings. The quantitative estimate of drug-likeness (QED) is 0.424. The van der Waals surface area contributed by atoms with Gasteiger partial charge in [0.25, 0.3) is 0 Å². The van der Waals surface area contributed by atoms with Crippen molar-refractivity contribution in [3.63, 3.8) is 0 Å². The number of rotatable bonds is 7. The van der Waals surface area contributed by atoms with Gasteiger partial charge < -0.3 is 15.4 Å². The van der Waals surface area contributed by atoms with Crippen LogP contribution < -0.4 is 15.4 Å². The molecule has 0 amide bonds. The molecule has 1 unspecified atom stereocenters. The van der Waals surface area contributed by atoms with Gasteiger partial charge in [0.1, 0.15) is 5.75 Å². The summed E-state index contributed by atoms with van der Waals surface area (Å²) in [5.74, 6) is 1.36. The lowest BCUT2D eigenvalue weighted by atomic mass is 9.79. The molecule has 2 aliphatic heterocycles. The minimum atomic E-state index is 0.146. The van der Waals surface area contributed by atoms with Gasteiger partial charge in [0.15, 0.2) is 0 Å². The Morgan fingerprint density at radius 1 is 1.06 bits per heavy atom. The van der Waals surface area contributed by atoms with Crippen LogP contribution in [0.15, 0.2) is 66.4 Å². The number of halogens is 1. The smallest absolute Gasteiger partial charge is 0.138 e. The van der Waals surface area contributed by atoms with E-state index in [9.17, 15) is 0 Å². The van der Waals surface area contributed by atoms with Gasteiger partial charge >= 0.3 is 0 Å².